The zero-order valence-electron chi connectivity index (χ0n) is 50.0. The first-order valence-electron chi connectivity index (χ1n) is 29.6. The van der Waals surface area contributed by atoms with Gasteiger partial charge in [0.05, 0.1) is 16.7 Å². The van der Waals surface area contributed by atoms with E-state index in [-0.39, 0.29) is 50.2 Å². The maximum Gasteiger partial charge on any atom is 0.343 e. The molecule has 2 aliphatic heterocycles. The third-order valence-corrected chi connectivity index (χ3v) is 22.8. The Hall–Kier alpha value is -5.84. The number of anilines is 2. The molecule has 0 spiro atoms. The van der Waals surface area contributed by atoms with E-state index in [1.165, 1.54) is 168 Å². The third-order valence-electron chi connectivity index (χ3n) is 21.6. The lowest BCUT2D eigenvalue weighted by Crippen LogP contribution is -2.59. The Morgan fingerprint density at radius 3 is 1.67 bits per heavy atom. The van der Waals surface area contributed by atoms with E-state index >= 15 is 0 Å². The first-order valence-corrected chi connectivity index (χ1v) is 30.4. The fourth-order valence-electron chi connectivity index (χ4n) is 16.6. The number of nitrogens with zero attached hydrogens (tertiary/aromatic N) is 2. The summed E-state index contributed by atoms with van der Waals surface area (Å²) in [5, 5.41) is 4.25. The normalized spacial score (nSPS) is 19.8. The van der Waals surface area contributed by atoms with Crippen LogP contribution in [0.5, 0.6) is 0 Å². The maximum absolute atomic E-state index is 2.85. The zero-order valence-corrected chi connectivity index (χ0v) is 50.8. The first-order chi connectivity index (χ1) is 36.4. The predicted octanol–water partition coefficient (Wildman–Crippen LogP) is 19.1. The lowest BCUT2D eigenvalue weighted by molar-refractivity contribution is 0.331. The van der Waals surface area contributed by atoms with Crippen LogP contribution in [0.3, 0.4) is 0 Å². The van der Waals surface area contributed by atoms with Crippen molar-refractivity contribution in [1.82, 2.24) is 4.57 Å². The molecular formula is C74H79BN2S. The Kier molecular flexibility index (Phi) is 9.30. The van der Waals surface area contributed by atoms with Gasteiger partial charge in [0, 0.05) is 53.4 Å². The molecule has 9 aromatic rings. The van der Waals surface area contributed by atoms with Crippen LogP contribution in [-0.2, 0) is 43.3 Å². The highest BCUT2D eigenvalue weighted by atomic mass is 32.1. The summed E-state index contributed by atoms with van der Waals surface area (Å²) in [5.74, 6) is 0. The van der Waals surface area contributed by atoms with Gasteiger partial charge in [0.25, 0.3) is 0 Å². The molecule has 0 saturated carbocycles. The molecule has 0 atom stereocenters. The lowest BCUT2D eigenvalue weighted by atomic mass is 9.46. The molecule has 2 nitrogen and oxygen atoms in total. The molecule has 2 aromatic heterocycles. The van der Waals surface area contributed by atoms with Gasteiger partial charge in [0.1, 0.15) is 0 Å². The van der Waals surface area contributed by atoms with Crippen LogP contribution in [0.25, 0.3) is 71.0 Å². The fourth-order valence-corrected chi connectivity index (χ4v) is 17.8. The SMILES string of the molecule is CC(C)(C)c1ccc(N2B3c4sc5ccc(C(C)(C)C)cc5c4-n4c5cc6c(cc5c5c7c(c(c3c54)-c3cc4c(cc32)-c2cc3c(cc2C4(C)C)C(C)(C)CCC3(C)C)-c2ccccc2C7(C)C)C(C)(C)CCC6(C)C)cc1. The number of fused-ring (bicyclic) bond motifs is 20. The minimum Gasteiger partial charge on any atom is -0.376 e. The third kappa shape index (κ3) is 6.12. The number of hydrogen-bond donors (Lipinski definition) is 0. The highest BCUT2D eigenvalue weighted by Gasteiger charge is 2.53. The van der Waals surface area contributed by atoms with Gasteiger partial charge in [-0.15, -0.1) is 11.3 Å². The van der Waals surface area contributed by atoms with Crippen molar-refractivity contribution in [2.24, 2.45) is 0 Å². The highest BCUT2D eigenvalue weighted by Crippen LogP contribution is 2.63. The second-order valence-electron chi connectivity index (χ2n) is 31.0. The summed E-state index contributed by atoms with van der Waals surface area (Å²) in [6.45, 7) is 44.3. The summed E-state index contributed by atoms with van der Waals surface area (Å²) in [7, 11) is 0. The monoisotopic (exact) mass is 1040 g/mol. The van der Waals surface area contributed by atoms with Gasteiger partial charge in [-0.1, -0.05) is 173 Å². The van der Waals surface area contributed by atoms with Crippen molar-refractivity contribution < 1.29 is 0 Å². The van der Waals surface area contributed by atoms with E-state index in [2.05, 4.69) is 237 Å². The van der Waals surface area contributed by atoms with E-state index in [1.54, 1.807) is 5.56 Å². The van der Waals surface area contributed by atoms with Crippen molar-refractivity contribution in [2.75, 3.05) is 4.81 Å². The van der Waals surface area contributed by atoms with Gasteiger partial charge in [0.15, 0.2) is 0 Å². The predicted molar refractivity (Wildman–Crippen MR) is 338 cm³/mol. The van der Waals surface area contributed by atoms with Crippen LogP contribution in [0, 0.1) is 0 Å². The minimum absolute atomic E-state index is 0.0125. The fraction of sp³-hybridized carbons (Fsp3) is 0.405. The molecule has 394 valence electrons. The average molecular weight is 1040 g/mol. The zero-order chi connectivity index (χ0) is 54.9. The molecular weight excluding hydrogens is 960 g/mol. The summed E-state index contributed by atoms with van der Waals surface area (Å²) in [6, 6.07) is 43.0. The molecule has 4 aliphatic carbocycles. The Morgan fingerprint density at radius 1 is 0.474 bits per heavy atom. The molecule has 7 aromatic carbocycles. The maximum atomic E-state index is 2.85. The van der Waals surface area contributed by atoms with Crippen LogP contribution >= 0.6 is 11.3 Å². The van der Waals surface area contributed by atoms with Gasteiger partial charge in [-0.05, 0) is 202 Å². The molecule has 78 heavy (non-hydrogen) atoms. The minimum atomic E-state index is -0.262. The lowest BCUT2D eigenvalue weighted by Gasteiger charge is -2.43. The van der Waals surface area contributed by atoms with E-state index in [4.69, 9.17) is 0 Å². The second kappa shape index (κ2) is 14.7. The number of aromatic nitrogens is 1. The van der Waals surface area contributed by atoms with Gasteiger partial charge in [-0.2, -0.15) is 0 Å². The number of benzene rings is 7. The molecule has 4 heterocycles. The molecule has 0 bridgehead atoms. The summed E-state index contributed by atoms with van der Waals surface area (Å²) < 4.78 is 5.66. The second-order valence-corrected chi connectivity index (χ2v) is 32.1. The average Bonchev–Trinajstić information content (AvgIpc) is 2.50. The van der Waals surface area contributed by atoms with Gasteiger partial charge in [0.2, 0.25) is 0 Å². The van der Waals surface area contributed by atoms with Crippen LogP contribution in [0.4, 0.5) is 11.4 Å². The topological polar surface area (TPSA) is 8.17 Å². The molecule has 0 fully saturated rings. The van der Waals surface area contributed by atoms with Crippen molar-refractivity contribution in [1.29, 1.82) is 0 Å². The van der Waals surface area contributed by atoms with Crippen molar-refractivity contribution in [3.8, 4) is 39.1 Å². The Balaban J connectivity index is 1.17. The molecule has 4 heteroatoms. The summed E-state index contributed by atoms with van der Waals surface area (Å²) >= 11 is 2.05. The number of hydrogen-bond acceptors (Lipinski definition) is 2. The van der Waals surface area contributed by atoms with E-state index in [1.807, 2.05) is 11.3 Å². The van der Waals surface area contributed by atoms with Gasteiger partial charge >= 0.3 is 6.85 Å². The van der Waals surface area contributed by atoms with Gasteiger partial charge in [-0.25, -0.2) is 0 Å². The molecule has 15 rings (SSSR count). The summed E-state index contributed by atoms with van der Waals surface area (Å²) in [5.41, 5.74) is 31.3. The number of thiophene rings is 1. The van der Waals surface area contributed by atoms with Crippen LogP contribution in [-0.4, -0.2) is 11.4 Å². The van der Waals surface area contributed by atoms with Gasteiger partial charge < -0.3 is 9.38 Å². The van der Waals surface area contributed by atoms with Gasteiger partial charge in [-0.3, -0.25) is 0 Å². The molecule has 0 amide bonds. The largest absolute Gasteiger partial charge is 0.376 e. The number of rotatable bonds is 1. The molecule has 0 saturated heterocycles. The Labute approximate surface area is 469 Å². The van der Waals surface area contributed by atoms with E-state index < -0.39 is 0 Å². The van der Waals surface area contributed by atoms with Crippen LogP contribution < -0.4 is 15.1 Å². The molecule has 0 radical (unpaired) electrons. The standard InChI is InChI=1S/C74H79BN2S/c1-67(2,3)40-23-26-42(27-24-40)77-57-37-45-44-34-52-54(71(11,12)31-29-69(52,7)8)38-51(44)73(15,16)50(45)35-47(57)60-59-43-21-19-20-22-49(43)74(17,18)62(59)61-46-36-53-55(72(13,14)32-30-70(53,9)10)39-56(46)76-64-48-33-41(68(4,5)6)25-28-58(48)78-66(64)75(77)63(60)65(61)76/h19-28,33-39H,29-32H2,1-18H3. The van der Waals surface area contributed by atoms with E-state index in [0.717, 1.165) is 0 Å². The Morgan fingerprint density at radius 2 is 1.03 bits per heavy atom. The first kappa shape index (κ1) is 49.2. The van der Waals surface area contributed by atoms with Crippen molar-refractivity contribution >= 4 is 71.7 Å². The molecule has 6 aliphatic rings. The van der Waals surface area contributed by atoms with Crippen molar-refractivity contribution in [3.63, 3.8) is 0 Å². The van der Waals surface area contributed by atoms with Crippen molar-refractivity contribution in [3.05, 3.63) is 159 Å². The van der Waals surface area contributed by atoms with Crippen LogP contribution in [0.15, 0.2) is 103 Å². The Bertz CT molecular complexity index is 4220. The molecule has 0 N–H and O–H groups in total. The van der Waals surface area contributed by atoms with Crippen LogP contribution in [0.2, 0.25) is 0 Å². The highest BCUT2D eigenvalue weighted by molar-refractivity contribution is 7.32. The van der Waals surface area contributed by atoms with E-state index in [0.29, 0.717) is 0 Å². The smallest absolute Gasteiger partial charge is 0.343 e. The van der Waals surface area contributed by atoms with Crippen molar-refractivity contribution in [2.45, 2.75) is 194 Å². The summed E-state index contributed by atoms with van der Waals surface area (Å²) in [6.07, 6.45) is 4.77. The van der Waals surface area contributed by atoms with Crippen LogP contribution in [0.1, 0.15) is 206 Å². The van der Waals surface area contributed by atoms with E-state index in [9.17, 15) is 0 Å². The quantitative estimate of drug-likeness (QED) is 0.149. The summed E-state index contributed by atoms with van der Waals surface area (Å²) in [4.78, 5) is 2.84. The molecule has 0 unspecified atom stereocenters.